The summed E-state index contributed by atoms with van der Waals surface area (Å²) >= 11 is 3.38. The highest BCUT2D eigenvalue weighted by Gasteiger charge is 2.33. The molecular weight excluding hydrogens is 463 g/mol. The van der Waals surface area contributed by atoms with Gasteiger partial charge in [-0.1, -0.05) is 40.2 Å². The van der Waals surface area contributed by atoms with Crippen LogP contribution in [0.25, 0.3) is 6.08 Å². The van der Waals surface area contributed by atoms with Crippen molar-refractivity contribution in [2.75, 3.05) is 12.0 Å². The van der Waals surface area contributed by atoms with Gasteiger partial charge in [0.2, 0.25) is 0 Å². The number of hydrogen-bond donors (Lipinski definition) is 0. The second kappa shape index (κ2) is 8.65. The molecule has 0 saturated heterocycles. The molecule has 1 heterocycles. The maximum atomic E-state index is 14.5. The zero-order valence-corrected chi connectivity index (χ0v) is 18.0. The lowest BCUT2D eigenvalue weighted by molar-refractivity contribution is -0.113. The molecule has 0 saturated carbocycles. The zero-order chi connectivity index (χ0) is 22.0. The lowest BCUT2D eigenvalue weighted by Gasteiger charge is -2.19. The van der Waals surface area contributed by atoms with Crippen molar-refractivity contribution in [1.29, 1.82) is 0 Å². The van der Waals surface area contributed by atoms with Gasteiger partial charge in [0.1, 0.15) is 11.5 Å². The smallest absolute Gasteiger partial charge is 0.337 e. The van der Waals surface area contributed by atoms with Crippen molar-refractivity contribution in [2.45, 2.75) is 0 Å². The fourth-order valence-corrected chi connectivity index (χ4v) is 3.43. The van der Waals surface area contributed by atoms with Crippen molar-refractivity contribution in [3.05, 3.63) is 105 Å². The SMILES string of the molecule is COC(=O)c1ccc(/C=C2/N=C(c3ccccc3F)N(c3ccc(Br)cc3)C2=O)cc1. The van der Waals surface area contributed by atoms with Crippen LogP contribution in [0.3, 0.4) is 0 Å². The highest BCUT2D eigenvalue weighted by Crippen LogP contribution is 2.29. The number of esters is 1. The predicted molar refractivity (Wildman–Crippen MR) is 120 cm³/mol. The lowest BCUT2D eigenvalue weighted by atomic mass is 10.1. The van der Waals surface area contributed by atoms with Crippen LogP contribution in [-0.2, 0) is 9.53 Å². The second-order valence-corrected chi connectivity index (χ2v) is 7.59. The first-order chi connectivity index (χ1) is 15.0. The number of anilines is 1. The fraction of sp³-hybridized carbons (Fsp3) is 0.0417. The van der Waals surface area contributed by atoms with Gasteiger partial charge >= 0.3 is 5.97 Å². The van der Waals surface area contributed by atoms with Crippen LogP contribution < -0.4 is 4.90 Å². The molecule has 3 aromatic carbocycles. The van der Waals surface area contributed by atoms with E-state index in [-0.39, 0.29) is 23.0 Å². The van der Waals surface area contributed by atoms with Crippen LogP contribution >= 0.6 is 15.9 Å². The maximum absolute atomic E-state index is 14.5. The molecule has 154 valence electrons. The van der Waals surface area contributed by atoms with E-state index in [1.54, 1.807) is 72.8 Å². The number of carbonyl (C=O) groups excluding carboxylic acids is 2. The van der Waals surface area contributed by atoms with Gasteiger partial charge in [-0.05, 0) is 60.2 Å². The van der Waals surface area contributed by atoms with Crippen molar-refractivity contribution in [1.82, 2.24) is 0 Å². The molecule has 31 heavy (non-hydrogen) atoms. The normalized spacial score (nSPS) is 14.7. The Labute approximate surface area is 186 Å². The molecule has 0 aromatic heterocycles. The molecule has 4 rings (SSSR count). The third-order valence-electron chi connectivity index (χ3n) is 4.70. The van der Waals surface area contributed by atoms with Crippen LogP contribution in [0.2, 0.25) is 0 Å². The average molecular weight is 479 g/mol. The Bertz CT molecular complexity index is 1220. The molecule has 5 nitrogen and oxygen atoms in total. The summed E-state index contributed by atoms with van der Waals surface area (Å²) in [5.41, 5.74) is 2.02. The van der Waals surface area contributed by atoms with Gasteiger partial charge in [-0.2, -0.15) is 0 Å². The number of halogens is 2. The standard InChI is InChI=1S/C24H16BrFN2O3/c1-31-24(30)16-8-6-15(7-9-16)14-21-23(29)28(18-12-10-17(25)11-13-18)22(27-21)19-4-2-3-5-20(19)26/h2-14H,1H3/b21-14+. The summed E-state index contributed by atoms with van der Waals surface area (Å²) in [5.74, 6) is -1.09. The summed E-state index contributed by atoms with van der Waals surface area (Å²) in [4.78, 5) is 30.7. The molecule has 7 heteroatoms. The molecule has 0 N–H and O–H groups in total. The quantitative estimate of drug-likeness (QED) is 0.382. The summed E-state index contributed by atoms with van der Waals surface area (Å²) in [6.45, 7) is 0. The molecule has 3 aromatic rings. The number of amides is 1. The number of methoxy groups -OCH3 is 1. The predicted octanol–water partition coefficient (Wildman–Crippen LogP) is 5.21. The highest BCUT2D eigenvalue weighted by molar-refractivity contribution is 9.10. The molecule has 0 unspecified atom stereocenters. The minimum atomic E-state index is -0.472. The highest BCUT2D eigenvalue weighted by atomic mass is 79.9. The molecule has 0 bridgehead atoms. The maximum Gasteiger partial charge on any atom is 0.337 e. The Morgan fingerprint density at radius 1 is 1.03 bits per heavy atom. The molecule has 1 amide bonds. The van der Waals surface area contributed by atoms with E-state index in [1.807, 2.05) is 0 Å². The lowest BCUT2D eigenvalue weighted by Crippen LogP contribution is -2.33. The molecule has 0 atom stereocenters. The van der Waals surface area contributed by atoms with Crippen molar-refractivity contribution >= 4 is 45.4 Å². The first-order valence-corrected chi connectivity index (χ1v) is 10.1. The molecule has 0 fully saturated rings. The van der Waals surface area contributed by atoms with Crippen molar-refractivity contribution in [2.24, 2.45) is 4.99 Å². The van der Waals surface area contributed by atoms with Crippen LogP contribution in [0.4, 0.5) is 10.1 Å². The van der Waals surface area contributed by atoms with E-state index in [4.69, 9.17) is 4.74 Å². The van der Waals surface area contributed by atoms with Crippen LogP contribution in [0.15, 0.2) is 88.0 Å². The van der Waals surface area contributed by atoms with Gasteiger partial charge in [-0.15, -0.1) is 0 Å². The van der Waals surface area contributed by atoms with Gasteiger partial charge in [0, 0.05) is 4.47 Å². The number of amidine groups is 1. The van der Waals surface area contributed by atoms with Gasteiger partial charge < -0.3 is 4.74 Å². The topological polar surface area (TPSA) is 59.0 Å². The number of nitrogens with zero attached hydrogens (tertiary/aromatic N) is 2. The zero-order valence-electron chi connectivity index (χ0n) is 16.4. The average Bonchev–Trinajstić information content (AvgIpc) is 3.10. The molecule has 1 aliphatic rings. The van der Waals surface area contributed by atoms with Crippen molar-refractivity contribution in [3.8, 4) is 0 Å². The van der Waals surface area contributed by atoms with E-state index in [0.29, 0.717) is 16.8 Å². The number of ether oxygens (including phenoxy) is 1. The Morgan fingerprint density at radius 2 is 1.71 bits per heavy atom. The van der Waals surface area contributed by atoms with E-state index >= 15 is 0 Å². The summed E-state index contributed by atoms with van der Waals surface area (Å²) in [6, 6.07) is 19.9. The van der Waals surface area contributed by atoms with Gasteiger partial charge in [0.15, 0.2) is 5.84 Å². The third-order valence-corrected chi connectivity index (χ3v) is 5.22. The second-order valence-electron chi connectivity index (χ2n) is 6.68. The molecular formula is C24H16BrFN2O3. The van der Waals surface area contributed by atoms with Crippen molar-refractivity contribution < 1.29 is 18.7 Å². The minimum absolute atomic E-state index is 0.159. The fourth-order valence-electron chi connectivity index (χ4n) is 3.16. The number of aliphatic imine (C=N–C) groups is 1. The van der Waals surface area contributed by atoms with Gasteiger partial charge in [-0.25, -0.2) is 14.2 Å². The van der Waals surface area contributed by atoms with E-state index in [1.165, 1.54) is 18.1 Å². The van der Waals surface area contributed by atoms with Crippen LogP contribution in [0.1, 0.15) is 21.5 Å². The first-order valence-electron chi connectivity index (χ1n) is 9.31. The summed E-state index contributed by atoms with van der Waals surface area (Å²) < 4.78 is 20.1. The minimum Gasteiger partial charge on any atom is -0.465 e. The Kier molecular flexibility index (Phi) is 5.77. The Balaban J connectivity index is 1.78. The number of hydrogen-bond acceptors (Lipinski definition) is 4. The Morgan fingerprint density at radius 3 is 2.35 bits per heavy atom. The first kappa shape index (κ1) is 20.7. The number of benzene rings is 3. The summed E-state index contributed by atoms with van der Waals surface area (Å²) in [5, 5.41) is 0. The molecule has 1 aliphatic heterocycles. The van der Waals surface area contributed by atoms with Gasteiger partial charge in [0.05, 0.1) is 23.9 Å². The van der Waals surface area contributed by atoms with E-state index < -0.39 is 11.8 Å². The van der Waals surface area contributed by atoms with E-state index in [9.17, 15) is 14.0 Å². The molecule has 0 aliphatic carbocycles. The summed E-state index contributed by atoms with van der Waals surface area (Å²) in [6.07, 6.45) is 1.60. The van der Waals surface area contributed by atoms with Crippen molar-refractivity contribution in [3.63, 3.8) is 0 Å². The third kappa shape index (κ3) is 4.18. The van der Waals surface area contributed by atoms with E-state index in [0.717, 1.165) is 4.47 Å². The van der Waals surface area contributed by atoms with Gasteiger partial charge in [-0.3, -0.25) is 9.69 Å². The number of rotatable bonds is 4. The van der Waals surface area contributed by atoms with Crippen LogP contribution in [-0.4, -0.2) is 24.8 Å². The Hall–Kier alpha value is -3.58. The number of carbonyl (C=O) groups is 2. The summed E-state index contributed by atoms with van der Waals surface area (Å²) in [7, 11) is 1.31. The van der Waals surface area contributed by atoms with Crippen LogP contribution in [0, 0.1) is 5.82 Å². The van der Waals surface area contributed by atoms with E-state index in [2.05, 4.69) is 20.9 Å². The monoisotopic (exact) mass is 478 g/mol. The van der Waals surface area contributed by atoms with Crippen LogP contribution in [0.5, 0.6) is 0 Å². The largest absolute Gasteiger partial charge is 0.465 e. The molecule has 0 radical (unpaired) electrons. The molecule has 0 spiro atoms. The van der Waals surface area contributed by atoms with Gasteiger partial charge in [0.25, 0.3) is 5.91 Å².